The van der Waals surface area contributed by atoms with Gasteiger partial charge in [-0.15, -0.1) is 12.4 Å². The minimum atomic E-state index is -3.46. The SMILES string of the molecule is CCN(CC)S(=O)(=O)c1ccc2c(c1)CCN2C(=O)CCCN.Cl. The molecular formula is C16H26ClN3O3S. The first-order valence-electron chi connectivity index (χ1n) is 8.09. The van der Waals surface area contributed by atoms with Crippen LogP contribution in [0.3, 0.4) is 0 Å². The highest BCUT2D eigenvalue weighted by Crippen LogP contribution is 2.31. The molecule has 1 aromatic rings. The van der Waals surface area contributed by atoms with Gasteiger partial charge in [-0.2, -0.15) is 4.31 Å². The Balaban J connectivity index is 0.00000288. The number of benzene rings is 1. The Hall–Kier alpha value is -1.15. The number of anilines is 1. The fourth-order valence-corrected chi connectivity index (χ4v) is 4.41. The molecule has 1 aliphatic rings. The summed E-state index contributed by atoms with van der Waals surface area (Å²) in [6, 6.07) is 5.05. The van der Waals surface area contributed by atoms with E-state index in [2.05, 4.69) is 0 Å². The van der Waals surface area contributed by atoms with E-state index in [1.54, 1.807) is 23.1 Å². The zero-order valence-electron chi connectivity index (χ0n) is 14.2. The van der Waals surface area contributed by atoms with Gasteiger partial charge in [-0.25, -0.2) is 8.42 Å². The molecule has 1 aliphatic heterocycles. The average Bonchev–Trinajstić information content (AvgIpc) is 2.96. The predicted octanol–water partition coefficient (Wildman–Crippen LogP) is 1.77. The molecule has 136 valence electrons. The van der Waals surface area contributed by atoms with E-state index in [0.717, 1.165) is 11.3 Å². The lowest BCUT2D eigenvalue weighted by atomic mass is 10.2. The second-order valence-electron chi connectivity index (χ2n) is 5.57. The molecular weight excluding hydrogens is 350 g/mol. The molecule has 0 saturated heterocycles. The van der Waals surface area contributed by atoms with Crippen LogP contribution < -0.4 is 10.6 Å². The number of carbonyl (C=O) groups excluding carboxylic acids is 1. The minimum absolute atomic E-state index is 0. The van der Waals surface area contributed by atoms with Crippen molar-refractivity contribution in [2.75, 3.05) is 31.1 Å². The van der Waals surface area contributed by atoms with Crippen molar-refractivity contribution in [2.45, 2.75) is 38.0 Å². The minimum Gasteiger partial charge on any atom is -0.330 e. The highest BCUT2D eigenvalue weighted by Gasteiger charge is 2.28. The number of nitrogens with two attached hydrogens (primary N) is 1. The lowest BCUT2D eigenvalue weighted by Gasteiger charge is -2.20. The molecule has 0 bridgehead atoms. The van der Waals surface area contributed by atoms with E-state index in [0.29, 0.717) is 50.3 Å². The third-order valence-corrected chi connectivity index (χ3v) is 6.23. The first-order valence-corrected chi connectivity index (χ1v) is 9.53. The zero-order chi connectivity index (χ0) is 17.0. The smallest absolute Gasteiger partial charge is 0.243 e. The van der Waals surface area contributed by atoms with Gasteiger partial charge >= 0.3 is 0 Å². The van der Waals surface area contributed by atoms with Crippen LogP contribution in [0.15, 0.2) is 23.1 Å². The van der Waals surface area contributed by atoms with E-state index in [9.17, 15) is 13.2 Å². The summed E-state index contributed by atoms with van der Waals surface area (Å²) in [5.74, 6) is 0.0496. The van der Waals surface area contributed by atoms with E-state index in [-0.39, 0.29) is 18.3 Å². The maximum atomic E-state index is 12.6. The Morgan fingerprint density at radius 2 is 1.96 bits per heavy atom. The van der Waals surface area contributed by atoms with Crippen LogP contribution >= 0.6 is 12.4 Å². The fourth-order valence-electron chi connectivity index (χ4n) is 2.90. The monoisotopic (exact) mass is 375 g/mol. The summed E-state index contributed by atoms with van der Waals surface area (Å²) in [6.07, 6.45) is 1.78. The molecule has 0 fully saturated rings. The standard InChI is InChI=1S/C16H25N3O3S.ClH/c1-3-18(4-2)23(21,22)14-7-8-15-13(12-14)9-11-19(15)16(20)6-5-10-17;/h7-8,12H,3-6,9-11,17H2,1-2H3;1H. The van der Waals surface area contributed by atoms with Crippen molar-refractivity contribution < 1.29 is 13.2 Å². The second-order valence-corrected chi connectivity index (χ2v) is 7.51. The lowest BCUT2D eigenvalue weighted by Crippen LogP contribution is -2.30. The summed E-state index contributed by atoms with van der Waals surface area (Å²) in [5, 5.41) is 0. The summed E-state index contributed by atoms with van der Waals surface area (Å²) in [7, 11) is -3.46. The molecule has 2 rings (SSSR count). The number of carbonyl (C=O) groups is 1. The third kappa shape index (κ3) is 4.08. The molecule has 6 nitrogen and oxygen atoms in total. The molecule has 0 saturated carbocycles. The number of hydrogen-bond acceptors (Lipinski definition) is 4. The number of amides is 1. The summed E-state index contributed by atoms with van der Waals surface area (Å²) in [6.45, 7) is 5.64. The summed E-state index contributed by atoms with van der Waals surface area (Å²) >= 11 is 0. The van der Waals surface area contributed by atoms with Crippen LogP contribution in [-0.2, 0) is 21.2 Å². The molecule has 1 amide bonds. The largest absolute Gasteiger partial charge is 0.330 e. The number of fused-ring (bicyclic) bond motifs is 1. The van der Waals surface area contributed by atoms with Crippen molar-refractivity contribution in [3.8, 4) is 0 Å². The Bertz CT molecular complexity index is 675. The Morgan fingerprint density at radius 1 is 1.29 bits per heavy atom. The molecule has 24 heavy (non-hydrogen) atoms. The van der Waals surface area contributed by atoms with Gasteiger partial charge in [0.05, 0.1) is 4.90 Å². The maximum Gasteiger partial charge on any atom is 0.243 e. The topological polar surface area (TPSA) is 83.7 Å². The fraction of sp³-hybridized carbons (Fsp3) is 0.562. The second kappa shape index (κ2) is 8.80. The average molecular weight is 376 g/mol. The quantitative estimate of drug-likeness (QED) is 0.787. The molecule has 1 heterocycles. The summed E-state index contributed by atoms with van der Waals surface area (Å²) in [4.78, 5) is 14.2. The number of hydrogen-bond donors (Lipinski definition) is 1. The molecule has 0 aromatic heterocycles. The van der Waals surface area contributed by atoms with Gasteiger partial charge in [0.15, 0.2) is 0 Å². The van der Waals surface area contributed by atoms with Crippen LogP contribution in [0.5, 0.6) is 0 Å². The predicted molar refractivity (Wildman–Crippen MR) is 98.1 cm³/mol. The molecule has 0 radical (unpaired) electrons. The van der Waals surface area contributed by atoms with Gasteiger partial charge in [0.2, 0.25) is 15.9 Å². The van der Waals surface area contributed by atoms with E-state index in [1.165, 1.54) is 4.31 Å². The zero-order valence-corrected chi connectivity index (χ0v) is 15.8. The molecule has 1 aromatic carbocycles. The van der Waals surface area contributed by atoms with Gasteiger partial charge in [0, 0.05) is 31.7 Å². The van der Waals surface area contributed by atoms with Crippen molar-refractivity contribution in [3.05, 3.63) is 23.8 Å². The summed E-state index contributed by atoms with van der Waals surface area (Å²) in [5.41, 5.74) is 7.19. The van der Waals surface area contributed by atoms with Gasteiger partial charge in [0.1, 0.15) is 0 Å². The molecule has 0 spiro atoms. The van der Waals surface area contributed by atoms with E-state index in [4.69, 9.17) is 5.73 Å². The Labute approximate surface area is 150 Å². The molecule has 8 heteroatoms. The number of sulfonamides is 1. The van der Waals surface area contributed by atoms with E-state index < -0.39 is 10.0 Å². The van der Waals surface area contributed by atoms with E-state index in [1.807, 2.05) is 13.8 Å². The molecule has 0 atom stereocenters. The first-order chi connectivity index (χ1) is 11.0. The van der Waals surface area contributed by atoms with E-state index >= 15 is 0 Å². The van der Waals surface area contributed by atoms with Crippen LogP contribution in [0, 0.1) is 0 Å². The van der Waals surface area contributed by atoms with Crippen molar-refractivity contribution in [1.29, 1.82) is 0 Å². The number of halogens is 1. The van der Waals surface area contributed by atoms with Crippen molar-refractivity contribution in [1.82, 2.24) is 4.31 Å². The van der Waals surface area contributed by atoms with Crippen LogP contribution in [0.2, 0.25) is 0 Å². The normalized spacial score (nSPS) is 13.8. The van der Waals surface area contributed by atoms with Crippen LogP contribution in [-0.4, -0.2) is 44.8 Å². The maximum absolute atomic E-state index is 12.6. The highest BCUT2D eigenvalue weighted by molar-refractivity contribution is 7.89. The summed E-state index contributed by atoms with van der Waals surface area (Å²) < 4.78 is 26.6. The van der Waals surface area contributed by atoms with Crippen LogP contribution in [0.4, 0.5) is 5.69 Å². The van der Waals surface area contributed by atoms with Crippen molar-refractivity contribution in [3.63, 3.8) is 0 Å². The van der Waals surface area contributed by atoms with Crippen molar-refractivity contribution >= 4 is 34.0 Å². The third-order valence-electron chi connectivity index (χ3n) is 4.19. The van der Waals surface area contributed by atoms with Crippen molar-refractivity contribution in [2.24, 2.45) is 5.73 Å². The number of nitrogens with zero attached hydrogens (tertiary/aromatic N) is 2. The lowest BCUT2D eigenvalue weighted by molar-refractivity contribution is -0.118. The molecule has 2 N–H and O–H groups in total. The van der Waals surface area contributed by atoms with Gasteiger partial charge in [-0.3, -0.25) is 4.79 Å². The molecule has 0 aliphatic carbocycles. The van der Waals surface area contributed by atoms with Crippen LogP contribution in [0.1, 0.15) is 32.3 Å². The molecule has 0 unspecified atom stereocenters. The van der Waals surface area contributed by atoms with Gasteiger partial charge in [0.25, 0.3) is 0 Å². The van der Waals surface area contributed by atoms with Gasteiger partial charge < -0.3 is 10.6 Å². The van der Waals surface area contributed by atoms with Gasteiger partial charge in [-0.1, -0.05) is 13.8 Å². The Morgan fingerprint density at radius 3 is 2.54 bits per heavy atom. The highest BCUT2D eigenvalue weighted by atomic mass is 35.5. The van der Waals surface area contributed by atoms with Gasteiger partial charge in [-0.05, 0) is 43.1 Å². The first kappa shape index (κ1) is 20.9. The van der Waals surface area contributed by atoms with Crippen LogP contribution in [0.25, 0.3) is 0 Å². The number of rotatable bonds is 7. The Kier molecular flexibility index (Phi) is 7.66.